The number of nitrogens with zero attached hydrogens (tertiary/aromatic N) is 3. The predicted molar refractivity (Wildman–Crippen MR) is 92.3 cm³/mol. The monoisotopic (exact) mass is 312 g/mol. The summed E-state index contributed by atoms with van der Waals surface area (Å²) >= 11 is 0. The summed E-state index contributed by atoms with van der Waals surface area (Å²) in [6.07, 6.45) is 7.82. The second-order valence-corrected chi connectivity index (χ2v) is 6.06. The molecule has 1 aromatic carbocycles. The Hall–Kier alpha value is -2.17. The third-order valence-corrected chi connectivity index (χ3v) is 4.36. The van der Waals surface area contributed by atoms with E-state index in [4.69, 9.17) is 0 Å². The molecule has 1 aliphatic rings. The van der Waals surface area contributed by atoms with Gasteiger partial charge in [0, 0.05) is 31.4 Å². The van der Waals surface area contributed by atoms with Gasteiger partial charge in [-0.15, -0.1) is 0 Å². The number of para-hydroxylation sites is 1. The van der Waals surface area contributed by atoms with Crippen LogP contribution in [0.2, 0.25) is 0 Å². The standard InChI is InChI=1S/C18H24N4O/c23-17(22-12-5-1-2-6-13-22)10-7-11-19-18-15-8-3-4-9-16(15)20-14-21-18/h3-4,8-9,14H,1-2,5-7,10-13H2,(H,19,20,21). The number of anilines is 1. The summed E-state index contributed by atoms with van der Waals surface area (Å²) in [6, 6.07) is 7.95. The number of carbonyl (C=O) groups is 1. The van der Waals surface area contributed by atoms with Gasteiger partial charge in [0.1, 0.15) is 12.1 Å². The molecule has 0 saturated carbocycles. The van der Waals surface area contributed by atoms with Crippen molar-refractivity contribution >= 4 is 22.6 Å². The van der Waals surface area contributed by atoms with E-state index >= 15 is 0 Å². The van der Waals surface area contributed by atoms with Crippen LogP contribution in [0.15, 0.2) is 30.6 Å². The van der Waals surface area contributed by atoms with Crippen molar-refractivity contribution in [2.75, 3.05) is 25.0 Å². The lowest BCUT2D eigenvalue weighted by Gasteiger charge is -2.20. The van der Waals surface area contributed by atoms with Crippen molar-refractivity contribution in [3.63, 3.8) is 0 Å². The minimum atomic E-state index is 0.293. The van der Waals surface area contributed by atoms with Crippen molar-refractivity contribution in [3.05, 3.63) is 30.6 Å². The smallest absolute Gasteiger partial charge is 0.222 e. The number of fused-ring (bicyclic) bond motifs is 1. The van der Waals surface area contributed by atoms with Gasteiger partial charge in [0.2, 0.25) is 5.91 Å². The number of rotatable bonds is 5. The number of likely N-dealkylation sites (tertiary alicyclic amines) is 1. The average Bonchev–Trinajstić information content (AvgIpc) is 2.88. The second kappa shape index (κ2) is 7.90. The Morgan fingerprint density at radius 1 is 1.09 bits per heavy atom. The van der Waals surface area contributed by atoms with Gasteiger partial charge in [-0.3, -0.25) is 4.79 Å². The minimum Gasteiger partial charge on any atom is -0.369 e. The Kier molecular flexibility index (Phi) is 5.40. The van der Waals surface area contributed by atoms with Crippen LogP contribution in [0.3, 0.4) is 0 Å². The highest BCUT2D eigenvalue weighted by molar-refractivity contribution is 5.88. The molecule has 0 bridgehead atoms. The Morgan fingerprint density at radius 3 is 2.70 bits per heavy atom. The molecule has 1 saturated heterocycles. The molecular formula is C18H24N4O. The van der Waals surface area contributed by atoms with E-state index in [1.807, 2.05) is 29.2 Å². The summed E-state index contributed by atoms with van der Waals surface area (Å²) in [7, 11) is 0. The number of hydrogen-bond acceptors (Lipinski definition) is 4. The fourth-order valence-corrected chi connectivity index (χ4v) is 3.07. The zero-order valence-electron chi connectivity index (χ0n) is 13.5. The van der Waals surface area contributed by atoms with E-state index < -0.39 is 0 Å². The summed E-state index contributed by atoms with van der Waals surface area (Å²) in [6.45, 7) is 2.62. The molecule has 2 heterocycles. The summed E-state index contributed by atoms with van der Waals surface area (Å²) in [4.78, 5) is 22.8. The Labute approximate surface area is 137 Å². The molecule has 23 heavy (non-hydrogen) atoms. The van der Waals surface area contributed by atoms with Gasteiger partial charge in [-0.1, -0.05) is 25.0 Å². The van der Waals surface area contributed by atoms with Gasteiger partial charge in [-0.05, 0) is 31.4 Å². The molecule has 2 aromatic rings. The van der Waals surface area contributed by atoms with E-state index in [0.29, 0.717) is 12.3 Å². The zero-order valence-corrected chi connectivity index (χ0v) is 13.5. The molecular weight excluding hydrogens is 288 g/mol. The molecule has 0 aliphatic carbocycles. The molecule has 1 amide bonds. The summed E-state index contributed by atoms with van der Waals surface area (Å²) in [5, 5.41) is 4.36. The Bertz CT molecular complexity index is 645. The second-order valence-electron chi connectivity index (χ2n) is 6.06. The maximum absolute atomic E-state index is 12.2. The van der Waals surface area contributed by atoms with E-state index in [1.165, 1.54) is 12.8 Å². The number of benzene rings is 1. The van der Waals surface area contributed by atoms with Crippen molar-refractivity contribution < 1.29 is 4.79 Å². The van der Waals surface area contributed by atoms with Crippen molar-refractivity contribution in [1.82, 2.24) is 14.9 Å². The number of aromatic nitrogens is 2. The maximum Gasteiger partial charge on any atom is 0.222 e. The van der Waals surface area contributed by atoms with Crippen LogP contribution in [0.5, 0.6) is 0 Å². The van der Waals surface area contributed by atoms with Crippen molar-refractivity contribution in [2.45, 2.75) is 38.5 Å². The largest absolute Gasteiger partial charge is 0.369 e. The Morgan fingerprint density at radius 2 is 1.87 bits per heavy atom. The van der Waals surface area contributed by atoms with Crippen LogP contribution in [-0.4, -0.2) is 40.4 Å². The fraction of sp³-hybridized carbons (Fsp3) is 0.500. The highest BCUT2D eigenvalue weighted by Crippen LogP contribution is 2.18. The molecule has 1 aromatic heterocycles. The van der Waals surface area contributed by atoms with E-state index in [2.05, 4.69) is 15.3 Å². The zero-order chi connectivity index (χ0) is 15.9. The van der Waals surface area contributed by atoms with Crippen molar-refractivity contribution in [1.29, 1.82) is 0 Å². The fourth-order valence-electron chi connectivity index (χ4n) is 3.07. The van der Waals surface area contributed by atoms with Gasteiger partial charge < -0.3 is 10.2 Å². The molecule has 122 valence electrons. The number of carbonyl (C=O) groups excluding carboxylic acids is 1. The highest BCUT2D eigenvalue weighted by atomic mass is 16.2. The molecule has 1 N–H and O–H groups in total. The molecule has 0 radical (unpaired) electrons. The van der Waals surface area contributed by atoms with Crippen molar-refractivity contribution in [2.24, 2.45) is 0 Å². The van der Waals surface area contributed by atoms with Gasteiger partial charge >= 0.3 is 0 Å². The number of hydrogen-bond donors (Lipinski definition) is 1. The topological polar surface area (TPSA) is 58.1 Å². The molecule has 3 rings (SSSR count). The normalized spacial score (nSPS) is 15.4. The van der Waals surface area contributed by atoms with Crippen LogP contribution >= 0.6 is 0 Å². The quantitative estimate of drug-likeness (QED) is 0.861. The van der Waals surface area contributed by atoms with E-state index in [-0.39, 0.29) is 0 Å². The lowest BCUT2D eigenvalue weighted by Crippen LogP contribution is -2.31. The lowest BCUT2D eigenvalue weighted by atomic mass is 10.2. The van der Waals surface area contributed by atoms with Crippen LogP contribution in [0.4, 0.5) is 5.82 Å². The number of nitrogens with one attached hydrogen (secondary N) is 1. The third-order valence-electron chi connectivity index (χ3n) is 4.36. The third kappa shape index (κ3) is 4.18. The van der Waals surface area contributed by atoms with Crippen LogP contribution in [-0.2, 0) is 4.79 Å². The van der Waals surface area contributed by atoms with Gasteiger partial charge in [0.25, 0.3) is 0 Å². The minimum absolute atomic E-state index is 0.293. The SMILES string of the molecule is O=C(CCCNc1ncnc2ccccc12)N1CCCCCC1. The van der Waals surface area contributed by atoms with Gasteiger partial charge in [0.05, 0.1) is 5.52 Å². The first-order valence-electron chi connectivity index (χ1n) is 8.56. The molecule has 0 atom stereocenters. The molecule has 1 fully saturated rings. The molecule has 5 heteroatoms. The molecule has 1 aliphatic heterocycles. The highest BCUT2D eigenvalue weighted by Gasteiger charge is 2.14. The van der Waals surface area contributed by atoms with Crippen LogP contribution in [0, 0.1) is 0 Å². The first-order valence-corrected chi connectivity index (χ1v) is 8.56. The average molecular weight is 312 g/mol. The Balaban J connectivity index is 1.48. The van der Waals surface area contributed by atoms with Gasteiger partial charge in [-0.25, -0.2) is 9.97 Å². The van der Waals surface area contributed by atoms with Crippen LogP contribution in [0.1, 0.15) is 38.5 Å². The number of amides is 1. The summed E-state index contributed by atoms with van der Waals surface area (Å²) < 4.78 is 0. The maximum atomic E-state index is 12.2. The summed E-state index contributed by atoms with van der Waals surface area (Å²) in [5.74, 6) is 1.14. The van der Waals surface area contributed by atoms with Crippen LogP contribution in [0.25, 0.3) is 10.9 Å². The van der Waals surface area contributed by atoms with Crippen LogP contribution < -0.4 is 5.32 Å². The predicted octanol–water partition coefficient (Wildman–Crippen LogP) is 3.22. The van der Waals surface area contributed by atoms with Gasteiger partial charge in [0.15, 0.2) is 0 Å². The van der Waals surface area contributed by atoms with E-state index in [0.717, 1.165) is 55.6 Å². The summed E-state index contributed by atoms with van der Waals surface area (Å²) in [5.41, 5.74) is 0.936. The molecule has 5 nitrogen and oxygen atoms in total. The van der Waals surface area contributed by atoms with Gasteiger partial charge in [-0.2, -0.15) is 0 Å². The van der Waals surface area contributed by atoms with E-state index in [1.54, 1.807) is 6.33 Å². The molecule has 0 spiro atoms. The molecule has 0 unspecified atom stereocenters. The first-order chi connectivity index (χ1) is 11.3. The van der Waals surface area contributed by atoms with E-state index in [9.17, 15) is 4.79 Å². The lowest BCUT2D eigenvalue weighted by molar-refractivity contribution is -0.131. The first kappa shape index (κ1) is 15.7. The van der Waals surface area contributed by atoms with Crippen molar-refractivity contribution in [3.8, 4) is 0 Å².